The summed E-state index contributed by atoms with van der Waals surface area (Å²) in [7, 11) is 0. The normalized spacial score (nSPS) is 14.7. The zero-order valence-electron chi connectivity index (χ0n) is 8.87. The number of hydrogen-bond acceptors (Lipinski definition) is 2. The second kappa shape index (κ2) is 3.14. The molecular weight excluding hydrogens is 140 g/mol. The molecule has 58 valence electrons. The highest BCUT2D eigenvalue weighted by atomic mass is 16.1. The Morgan fingerprint density at radius 3 is 3.36 bits per heavy atom. The number of carbonyl (C=O) groups excluding carboxylic acids is 1. The average molecular weight is 153 g/mol. The molecule has 0 aromatic carbocycles. The first kappa shape index (κ1) is 4.49. The maximum atomic E-state index is 10.8. The van der Waals surface area contributed by atoms with E-state index in [0.29, 0.717) is 5.69 Å². The van der Waals surface area contributed by atoms with Gasteiger partial charge in [-0.3, -0.25) is 9.78 Å². The Morgan fingerprint density at radius 2 is 2.73 bits per heavy atom. The van der Waals surface area contributed by atoms with E-state index in [1.54, 1.807) is 0 Å². The summed E-state index contributed by atoms with van der Waals surface area (Å²) in [4.78, 5) is 14.6. The molecule has 0 unspecified atom stereocenters. The van der Waals surface area contributed by atoms with Gasteiger partial charge >= 0.3 is 0 Å². The first-order valence-corrected chi connectivity index (χ1v) is 3.13. The van der Waals surface area contributed by atoms with Gasteiger partial charge in [0.25, 0.3) is 0 Å². The van der Waals surface area contributed by atoms with Gasteiger partial charge in [0.1, 0.15) is 0 Å². The molecule has 0 saturated carbocycles. The highest BCUT2D eigenvalue weighted by molar-refractivity contribution is 5.92. The number of amides is 1. The van der Waals surface area contributed by atoms with E-state index in [1.807, 2.05) is 0 Å². The van der Waals surface area contributed by atoms with Gasteiger partial charge in [-0.05, 0) is 18.6 Å². The standard InChI is InChI=1S/C8H10N2O/c1-2-7-5-6(8(9)11)3-4-10-7/h3-5H,2H2,1H3,(H2,9,11)/i1D3. The van der Waals surface area contributed by atoms with Crippen LogP contribution in [0.5, 0.6) is 0 Å². The average Bonchev–Trinajstić information content (AvgIpc) is 2.01. The summed E-state index contributed by atoms with van der Waals surface area (Å²) < 4.78 is 21.1. The monoisotopic (exact) mass is 153 g/mol. The summed E-state index contributed by atoms with van der Waals surface area (Å²) in [6, 6.07) is 2.85. The van der Waals surface area contributed by atoms with Crippen LogP contribution in [0.15, 0.2) is 18.3 Å². The summed E-state index contributed by atoms with van der Waals surface area (Å²) in [6.45, 7) is -2.08. The van der Waals surface area contributed by atoms with Crippen LogP contribution >= 0.6 is 0 Å². The first-order valence-electron chi connectivity index (χ1n) is 4.63. The third-order valence-electron chi connectivity index (χ3n) is 1.28. The fourth-order valence-electron chi connectivity index (χ4n) is 0.728. The Bertz CT molecular complexity index is 349. The van der Waals surface area contributed by atoms with Crippen LogP contribution in [0.2, 0.25) is 0 Å². The molecule has 0 atom stereocenters. The predicted molar refractivity (Wildman–Crippen MR) is 42.1 cm³/mol. The number of pyridine rings is 1. The van der Waals surface area contributed by atoms with Crippen LogP contribution in [0.3, 0.4) is 0 Å². The van der Waals surface area contributed by atoms with E-state index in [0.717, 1.165) is 0 Å². The molecule has 1 amide bonds. The topological polar surface area (TPSA) is 56.0 Å². The van der Waals surface area contributed by atoms with Crippen molar-refractivity contribution in [2.75, 3.05) is 0 Å². The van der Waals surface area contributed by atoms with Crippen molar-refractivity contribution >= 4 is 5.91 Å². The SMILES string of the molecule is [2H]C([2H])([2H])Cc1cc(C(N)=O)ccn1. The number of nitrogens with two attached hydrogens (primary N) is 1. The molecule has 0 aliphatic rings. The number of rotatable bonds is 2. The Labute approximate surface area is 69.5 Å². The molecule has 0 aliphatic carbocycles. The molecule has 0 radical (unpaired) electrons. The van der Waals surface area contributed by atoms with Gasteiger partial charge in [-0.2, -0.15) is 0 Å². The Morgan fingerprint density at radius 1 is 1.91 bits per heavy atom. The molecule has 1 rings (SSSR count). The quantitative estimate of drug-likeness (QED) is 0.681. The van der Waals surface area contributed by atoms with Crippen LogP contribution in [-0.2, 0) is 6.42 Å². The van der Waals surface area contributed by atoms with Crippen molar-refractivity contribution in [1.29, 1.82) is 0 Å². The lowest BCUT2D eigenvalue weighted by Gasteiger charge is -1.96. The lowest BCUT2D eigenvalue weighted by molar-refractivity contribution is 0.1000. The van der Waals surface area contributed by atoms with E-state index in [4.69, 9.17) is 9.85 Å². The number of aryl methyl sites for hydroxylation is 1. The number of carbonyl (C=O) groups is 1. The van der Waals surface area contributed by atoms with Gasteiger partial charge in [-0.1, -0.05) is 6.85 Å². The van der Waals surface area contributed by atoms with Crippen molar-refractivity contribution in [2.45, 2.75) is 13.3 Å². The van der Waals surface area contributed by atoms with Gasteiger partial charge in [0.2, 0.25) is 5.91 Å². The van der Waals surface area contributed by atoms with Crippen LogP contribution in [-0.4, -0.2) is 10.9 Å². The minimum absolute atomic E-state index is 0.159. The van der Waals surface area contributed by atoms with Crippen LogP contribution in [0, 0.1) is 0 Å². The van der Waals surface area contributed by atoms with E-state index in [1.165, 1.54) is 18.3 Å². The maximum absolute atomic E-state index is 10.8. The van der Waals surface area contributed by atoms with Crippen molar-refractivity contribution in [2.24, 2.45) is 5.73 Å². The van der Waals surface area contributed by atoms with Gasteiger partial charge in [0.15, 0.2) is 0 Å². The summed E-state index contributed by atoms with van der Waals surface area (Å²) in [5.41, 5.74) is 5.66. The molecule has 3 heteroatoms. The van der Waals surface area contributed by atoms with Crippen molar-refractivity contribution in [3.8, 4) is 0 Å². The number of aromatic nitrogens is 1. The molecule has 3 nitrogen and oxygen atoms in total. The van der Waals surface area contributed by atoms with Gasteiger partial charge in [-0.25, -0.2) is 0 Å². The highest BCUT2D eigenvalue weighted by Crippen LogP contribution is 2.00. The number of primary amides is 1. The lowest BCUT2D eigenvalue weighted by atomic mass is 10.2. The van der Waals surface area contributed by atoms with Crippen molar-refractivity contribution < 1.29 is 8.91 Å². The Hall–Kier alpha value is -1.38. The Kier molecular flexibility index (Phi) is 1.28. The summed E-state index contributed by atoms with van der Waals surface area (Å²) in [5, 5.41) is 0. The van der Waals surface area contributed by atoms with Gasteiger partial charge in [0, 0.05) is 21.6 Å². The molecule has 1 aromatic rings. The van der Waals surface area contributed by atoms with Gasteiger partial charge in [-0.15, -0.1) is 0 Å². The van der Waals surface area contributed by atoms with Gasteiger partial charge in [0.05, 0.1) is 0 Å². The van der Waals surface area contributed by atoms with Gasteiger partial charge < -0.3 is 5.73 Å². The summed E-state index contributed by atoms with van der Waals surface area (Å²) in [6.07, 6.45) is 1.22. The minimum atomic E-state index is -2.08. The summed E-state index contributed by atoms with van der Waals surface area (Å²) in [5.74, 6) is -0.584. The second-order valence-corrected chi connectivity index (χ2v) is 2.08. The van der Waals surface area contributed by atoms with Crippen molar-refractivity contribution in [3.63, 3.8) is 0 Å². The second-order valence-electron chi connectivity index (χ2n) is 2.08. The Balaban J connectivity index is 2.89. The largest absolute Gasteiger partial charge is 0.366 e. The van der Waals surface area contributed by atoms with Crippen LogP contribution in [0.4, 0.5) is 0 Å². The zero-order valence-corrected chi connectivity index (χ0v) is 5.87. The zero-order chi connectivity index (χ0) is 10.8. The molecule has 1 heterocycles. The smallest absolute Gasteiger partial charge is 0.248 e. The summed E-state index contributed by atoms with van der Waals surface area (Å²) >= 11 is 0. The van der Waals surface area contributed by atoms with Crippen LogP contribution in [0.25, 0.3) is 0 Å². The van der Waals surface area contributed by atoms with Crippen molar-refractivity contribution in [3.05, 3.63) is 29.6 Å². The maximum Gasteiger partial charge on any atom is 0.248 e. The van der Waals surface area contributed by atoms with E-state index in [9.17, 15) is 4.79 Å². The fraction of sp³-hybridized carbons (Fsp3) is 0.250. The minimum Gasteiger partial charge on any atom is -0.366 e. The highest BCUT2D eigenvalue weighted by Gasteiger charge is 1.99. The lowest BCUT2D eigenvalue weighted by Crippen LogP contribution is -2.11. The molecule has 2 N–H and O–H groups in total. The molecule has 0 fully saturated rings. The first-order chi connectivity index (χ1) is 6.38. The van der Waals surface area contributed by atoms with Crippen LogP contribution < -0.4 is 5.73 Å². The van der Waals surface area contributed by atoms with E-state index >= 15 is 0 Å². The molecule has 0 aliphatic heterocycles. The molecular formula is C8H10N2O. The third kappa shape index (κ3) is 1.77. The molecule has 11 heavy (non-hydrogen) atoms. The fourth-order valence-corrected chi connectivity index (χ4v) is 0.728. The number of nitrogens with zero attached hydrogens (tertiary/aromatic N) is 1. The van der Waals surface area contributed by atoms with E-state index in [2.05, 4.69) is 4.98 Å². The number of hydrogen-bond donors (Lipinski definition) is 1. The molecule has 1 aromatic heterocycles. The molecule has 0 saturated heterocycles. The van der Waals surface area contributed by atoms with Crippen molar-refractivity contribution in [1.82, 2.24) is 4.98 Å². The third-order valence-corrected chi connectivity index (χ3v) is 1.28. The predicted octanol–water partition coefficient (Wildman–Crippen LogP) is 0.743. The molecule has 0 spiro atoms. The van der Waals surface area contributed by atoms with E-state index < -0.39 is 12.8 Å². The van der Waals surface area contributed by atoms with E-state index in [-0.39, 0.29) is 12.0 Å². The molecule has 0 bridgehead atoms. The van der Waals surface area contributed by atoms with Crippen LogP contribution in [0.1, 0.15) is 27.0 Å².